The largest absolute Gasteiger partial charge is 0.435 e. The van der Waals surface area contributed by atoms with Crippen molar-refractivity contribution in [2.45, 2.75) is 23.1 Å². The lowest BCUT2D eigenvalue weighted by molar-refractivity contribution is -0.141. The van der Waals surface area contributed by atoms with Crippen molar-refractivity contribution in [1.29, 1.82) is 0 Å². The fourth-order valence-corrected chi connectivity index (χ4v) is 7.39. The molecular weight excluding hydrogens is 281 g/mol. The molecule has 0 amide bonds. The van der Waals surface area contributed by atoms with E-state index in [2.05, 4.69) is 17.1 Å². The highest BCUT2D eigenvalue weighted by Gasteiger charge is 2.70. The first-order chi connectivity index (χ1) is 8.47. The van der Waals surface area contributed by atoms with Gasteiger partial charge in [-0.25, -0.2) is 0 Å². The van der Waals surface area contributed by atoms with E-state index in [4.69, 9.17) is 0 Å². The van der Waals surface area contributed by atoms with E-state index in [1.54, 1.807) is 23.5 Å². The summed E-state index contributed by atoms with van der Waals surface area (Å²) < 4.78 is 38.8. The number of aromatic nitrogens is 2. The molecule has 3 aliphatic rings. The molecule has 2 heterocycles. The molecule has 4 rings (SSSR count). The molecule has 0 bridgehead atoms. The van der Waals surface area contributed by atoms with Gasteiger partial charge in [0, 0.05) is 17.1 Å². The maximum absolute atomic E-state index is 13.0. The zero-order chi connectivity index (χ0) is 12.7. The van der Waals surface area contributed by atoms with E-state index in [1.807, 2.05) is 0 Å². The number of fused-ring (bicyclic) bond motifs is 5. The van der Waals surface area contributed by atoms with E-state index in [1.165, 1.54) is 0 Å². The Labute approximate surface area is 110 Å². The van der Waals surface area contributed by atoms with Crippen LogP contribution < -0.4 is 0 Å². The lowest BCUT2D eigenvalue weighted by atomic mass is 10.1. The molecule has 98 valence electrons. The van der Waals surface area contributed by atoms with Crippen molar-refractivity contribution in [3.05, 3.63) is 17.0 Å². The molecule has 18 heavy (non-hydrogen) atoms. The first-order valence-corrected chi connectivity index (χ1v) is 7.88. The van der Waals surface area contributed by atoms with E-state index >= 15 is 0 Å². The first-order valence-electron chi connectivity index (χ1n) is 5.90. The standard InChI is InChI=1S/C11H11F3N2S2/c1-4-5-6-8(15-16-9(6)11(12,13)14)10(7(4)5)17-2-3-18-10/h4-5,7H,2-3H2,1H3,(H,15,16)/t4-,5-,7-/m1/s1. The van der Waals surface area contributed by atoms with Gasteiger partial charge in [0.25, 0.3) is 0 Å². The van der Waals surface area contributed by atoms with Crippen LogP contribution in [0.5, 0.6) is 0 Å². The number of halogens is 3. The molecule has 1 aromatic heterocycles. The molecule has 1 aliphatic heterocycles. The Hall–Kier alpha value is -0.300. The quantitative estimate of drug-likeness (QED) is 0.794. The van der Waals surface area contributed by atoms with Crippen LogP contribution in [0.25, 0.3) is 0 Å². The van der Waals surface area contributed by atoms with E-state index in [9.17, 15) is 13.2 Å². The second-order valence-electron chi connectivity index (χ2n) is 5.13. The van der Waals surface area contributed by atoms with Crippen LogP contribution in [0.3, 0.4) is 0 Å². The molecular formula is C11H11F3N2S2. The highest BCUT2D eigenvalue weighted by Crippen LogP contribution is 2.78. The van der Waals surface area contributed by atoms with E-state index < -0.39 is 11.9 Å². The number of alkyl halides is 3. The normalized spacial score (nSPS) is 35.9. The van der Waals surface area contributed by atoms with Gasteiger partial charge in [-0.2, -0.15) is 18.3 Å². The number of nitrogens with zero attached hydrogens (tertiary/aromatic N) is 1. The van der Waals surface area contributed by atoms with Crippen LogP contribution in [0, 0.1) is 11.8 Å². The Morgan fingerprint density at radius 1 is 1.33 bits per heavy atom. The Morgan fingerprint density at radius 3 is 2.61 bits per heavy atom. The highest BCUT2D eigenvalue weighted by molar-refractivity contribution is 8.20. The summed E-state index contributed by atoms with van der Waals surface area (Å²) in [6, 6.07) is 0. The minimum absolute atomic E-state index is 0.0634. The monoisotopic (exact) mass is 292 g/mol. The topological polar surface area (TPSA) is 28.7 Å². The number of hydrogen-bond acceptors (Lipinski definition) is 3. The molecule has 1 saturated carbocycles. The number of nitrogens with one attached hydrogen (secondary N) is 1. The molecule has 0 aromatic carbocycles. The van der Waals surface area contributed by atoms with Crippen molar-refractivity contribution in [3.8, 4) is 0 Å². The Kier molecular flexibility index (Phi) is 2.07. The summed E-state index contributed by atoms with van der Waals surface area (Å²) in [5, 5.41) is 6.26. The van der Waals surface area contributed by atoms with Crippen molar-refractivity contribution in [1.82, 2.24) is 10.2 Å². The van der Waals surface area contributed by atoms with E-state index in [-0.39, 0.29) is 10.00 Å². The second kappa shape index (κ2) is 3.23. The fourth-order valence-electron chi connectivity index (χ4n) is 3.58. The minimum Gasteiger partial charge on any atom is -0.279 e. The van der Waals surface area contributed by atoms with Crippen LogP contribution in [0.2, 0.25) is 0 Å². The van der Waals surface area contributed by atoms with Gasteiger partial charge < -0.3 is 0 Å². The molecule has 0 unspecified atom stereocenters. The molecule has 1 N–H and O–H groups in total. The molecule has 1 aromatic rings. The summed E-state index contributed by atoms with van der Waals surface area (Å²) in [6.07, 6.45) is -4.34. The molecule has 0 radical (unpaired) electrons. The zero-order valence-electron chi connectivity index (χ0n) is 9.54. The molecule has 2 nitrogen and oxygen atoms in total. The van der Waals surface area contributed by atoms with Crippen LogP contribution >= 0.6 is 23.5 Å². The number of H-pyrrole nitrogens is 1. The molecule has 1 spiro atoms. The van der Waals surface area contributed by atoms with Crippen molar-refractivity contribution in [3.63, 3.8) is 0 Å². The molecule has 7 heteroatoms. The summed E-state index contributed by atoms with van der Waals surface area (Å²) in [4.78, 5) is 0. The predicted octanol–water partition coefficient (Wildman–Crippen LogP) is 3.42. The third-order valence-electron chi connectivity index (χ3n) is 4.29. The van der Waals surface area contributed by atoms with Crippen molar-refractivity contribution in [2.24, 2.45) is 11.8 Å². The van der Waals surface area contributed by atoms with Crippen molar-refractivity contribution < 1.29 is 13.2 Å². The zero-order valence-corrected chi connectivity index (χ0v) is 11.2. The first kappa shape index (κ1) is 11.5. The van der Waals surface area contributed by atoms with Crippen LogP contribution in [0.4, 0.5) is 13.2 Å². The van der Waals surface area contributed by atoms with E-state index in [0.29, 0.717) is 17.4 Å². The van der Waals surface area contributed by atoms with Gasteiger partial charge in [0.1, 0.15) is 4.08 Å². The van der Waals surface area contributed by atoms with Gasteiger partial charge >= 0.3 is 6.18 Å². The summed E-state index contributed by atoms with van der Waals surface area (Å²) in [6.45, 7) is 2.06. The van der Waals surface area contributed by atoms with Crippen LogP contribution in [0.15, 0.2) is 0 Å². The Morgan fingerprint density at radius 2 is 2.00 bits per heavy atom. The average molecular weight is 292 g/mol. The summed E-state index contributed by atoms with van der Waals surface area (Å²) in [7, 11) is 0. The van der Waals surface area contributed by atoms with Gasteiger partial charge in [-0.3, -0.25) is 5.10 Å². The van der Waals surface area contributed by atoms with Gasteiger partial charge in [0.05, 0.1) is 5.69 Å². The molecule has 1 saturated heterocycles. The minimum atomic E-state index is -4.34. The van der Waals surface area contributed by atoms with Crippen LogP contribution in [-0.2, 0) is 10.3 Å². The fraction of sp³-hybridized carbons (Fsp3) is 0.727. The van der Waals surface area contributed by atoms with Gasteiger partial charge in [-0.15, -0.1) is 23.5 Å². The molecule has 2 fully saturated rings. The van der Waals surface area contributed by atoms with Crippen molar-refractivity contribution >= 4 is 23.5 Å². The van der Waals surface area contributed by atoms with Crippen molar-refractivity contribution in [2.75, 3.05) is 11.5 Å². The number of thioether (sulfide) groups is 2. The van der Waals surface area contributed by atoms with Gasteiger partial charge in [0.2, 0.25) is 0 Å². The number of hydrogen-bond donors (Lipinski definition) is 1. The summed E-state index contributed by atoms with van der Waals surface area (Å²) in [5.41, 5.74) is 0.527. The molecule has 3 atom stereocenters. The van der Waals surface area contributed by atoms with Gasteiger partial charge in [0.15, 0.2) is 5.69 Å². The molecule has 2 aliphatic carbocycles. The third kappa shape index (κ3) is 1.18. The average Bonchev–Trinajstić information content (AvgIpc) is 2.79. The maximum Gasteiger partial charge on any atom is 0.435 e. The van der Waals surface area contributed by atoms with Gasteiger partial charge in [-0.05, 0) is 17.8 Å². The third-order valence-corrected chi connectivity index (χ3v) is 7.88. The lowest BCUT2D eigenvalue weighted by Gasteiger charge is -2.24. The smallest absolute Gasteiger partial charge is 0.279 e. The lowest BCUT2D eigenvalue weighted by Crippen LogP contribution is -2.17. The number of rotatable bonds is 0. The van der Waals surface area contributed by atoms with Crippen LogP contribution in [0.1, 0.15) is 29.8 Å². The maximum atomic E-state index is 13.0. The van der Waals surface area contributed by atoms with Gasteiger partial charge in [-0.1, -0.05) is 6.92 Å². The summed E-state index contributed by atoms with van der Waals surface area (Å²) in [5.74, 6) is 2.81. The predicted molar refractivity (Wildman–Crippen MR) is 65.6 cm³/mol. The van der Waals surface area contributed by atoms with Crippen LogP contribution in [-0.4, -0.2) is 21.7 Å². The Bertz CT molecular complexity index is 519. The summed E-state index contributed by atoms with van der Waals surface area (Å²) >= 11 is 3.59. The SMILES string of the molecule is C[C@@H]1[C@@H]2c3c(C(F)(F)F)n[nH]c3C3(SCCS3)[C@H]12. The number of aromatic amines is 1. The Balaban J connectivity index is 1.90. The second-order valence-corrected chi connectivity index (χ2v) is 8.07. The van der Waals surface area contributed by atoms with E-state index in [0.717, 1.165) is 17.2 Å². The highest BCUT2D eigenvalue weighted by atomic mass is 32.2.